The van der Waals surface area contributed by atoms with E-state index in [9.17, 15) is 17.8 Å². The number of hydrogen-bond donors (Lipinski definition) is 2. The third-order valence-electron chi connectivity index (χ3n) is 0.983. The standard InChI is InChI=1S/C5H11NO5S.K/c1-4(7)6-2-5(8)3-12(9,10)11;/h5,8H,2-3H2,1H3,(H,6,7)(H,9,10,11);/q;+1/p-1. The fourth-order valence-corrected chi connectivity index (χ4v) is 1.15. The summed E-state index contributed by atoms with van der Waals surface area (Å²) < 4.78 is 30.2. The van der Waals surface area contributed by atoms with Crippen molar-refractivity contribution in [2.75, 3.05) is 12.3 Å². The summed E-state index contributed by atoms with van der Waals surface area (Å²) in [4.78, 5) is 10.3. The predicted octanol–water partition coefficient (Wildman–Crippen LogP) is -4.97. The largest absolute Gasteiger partial charge is 1.00 e. The quantitative estimate of drug-likeness (QED) is 0.375. The topological polar surface area (TPSA) is 107 Å². The first-order valence-corrected chi connectivity index (χ1v) is 4.75. The van der Waals surface area contributed by atoms with Gasteiger partial charge in [-0.2, -0.15) is 0 Å². The Kier molecular flexibility index (Phi) is 9.20. The van der Waals surface area contributed by atoms with Gasteiger partial charge in [0.05, 0.1) is 22.0 Å². The van der Waals surface area contributed by atoms with E-state index in [-0.39, 0.29) is 57.9 Å². The molecule has 2 N–H and O–H groups in total. The molecular formula is C5H10KNO5S. The van der Waals surface area contributed by atoms with Crippen molar-refractivity contribution in [2.45, 2.75) is 13.0 Å². The molecule has 1 amide bonds. The van der Waals surface area contributed by atoms with E-state index in [0.29, 0.717) is 0 Å². The van der Waals surface area contributed by atoms with Crippen LogP contribution in [0.3, 0.4) is 0 Å². The predicted molar refractivity (Wildman–Crippen MR) is 39.3 cm³/mol. The first kappa shape index (κ1) is 16.4. The van der Waals surface area contributed by atoms with Crippen molar-refractivity contribution in [1.82, 2.24) is 5.32 Å². The molecule has 0 aliphatic carbocycles. The summed E-state index contributed by atoms with van der Waals surface area (Å²) in [7, 11) is -4.42. The van der Waals surface area contributed by atoms with Gasteiger partial charge in [-0.1, -0.05) is 0 Å². The van der Waals surface area contributed by atoms with Crippen LogP contribution in [-0.4, -0.2) is 42.4 Å². The Balaban J connectivity index is 0. The molecule has 0 fully saturated rings. The molecule has 0 aromatic rings. The molecular weight excluding hydrogens is 225 g/mol. The van der Waals surface area contributed by atoms with Gasteiger partial charge in [-0.3, -0.25) is 4.79 Å². The summed E-state index contributed by atoms with van der Waals surface area (Å²) in [6.07, 6.45) is -1.34. The zero-order chi connectivity index (χ0) is 9.78. The number of aliphatic hydroxyl groups excluding tert-OH is 1. The van der Waals surface area contributed by atoms with Gasteiger partial charge in [0.25, 0.3) is 0 Å². The Morgan fingerprint density at radius 1 is 1.62 bits per heavy atom. The molecule has 0 saturated carbocycles. The number of nitrogens with one attached hydrogen (secondary N) is 1. The molecule has 0 aromatic carbocycles. The molecule has 0 aromatic heterocycles. The molecule has 0 radical (unpaired) electrons. The minimum absolute atomic E-state index is 0. The first-order valence-electron chi connectivity index (χ1n) is 3.17. The van der Waals surface area contributed by atoms with Crippen LogP contribution < -0.4 is 56.7 Å². The smallest absolute Gasteiger partial charge is 0.748 e. The van der Waals surface area contributed by atoms with Crippen molar-refractivity contribution in [3.63, 3.8) is 0 Å². The van der Waals surface area contributed by atoms with Gasteiger partial charge in [-0.25, -0.2) is 8.42 Å². The fraction of sp³-hybridized carbons (Fsp3) is 0.800. The summed E-state index contributed by atoms with van der Waals surface area (Å²) in [5.41, 5.74) is 0. The number of hydrogen-bond acceptors (Lipinski definition) is 5. The average Bonchev–Trinajstić information content (AvgIpc) is 1.79. The van der Waals surface area contributed by atoms with E-state index < -0.39 is 27.9 Å². The maximum atomic E-state index is 10.3. The average molecular weight is 235 g/mol. The van der Waals surface area contributed by atoms with E-state index in [2.05, 4.69) is 5.32 Å². The van der Waals surface area contributed by atoms with Gasteiger partial charge in [0, 0.05) is 13.5 Å². The molecule has 1 atom stereocenters. The second-order valence-corrected chi connectivity index (χ2v) is 3.76. The van der Waals surface area contributed by atoms with E-state index in [4.69, 9.17) is 5.11 Å². The van der Waals surface area contributed by atoms with Crippen LogP contribution in [0.1, 0.15) is 6.92 Å². The molecule has 0 saturated heterocycles. The second-order valence-electron chi connectivity index (χ2n) is 2.32. The summed E-state index contributed by atoms with van der Waals surface area (Å²) in [5, 5.41) is 11.0. The van der Waals surface area contributed by atoms with Crippen molar-refractivity contribution in [3.05, 3.63) is 0 Å². The number of amides is 1. The Morgan fingerprint density at radius 2 is 2.08 bits per heavy atom. The molecule has 1 unspecified atom stereocenters. The Labute approximate surface area is 119 Å². The maximum Gasteiger partial charge on any atom is 1.00 e. The molecule has 0 bridgehead atoms. The van der Waals surface area contributed by atoms with Gasteiger partial charge in [0.15, 0.2) is 0 Å². The molecule has 0 aliphatic rings. The number of carbonyl (C=O) groups is 1. The van der Waals surface area contributed by atoms with Gasteiger partial charge < -0.3 is 15.0 Å². The van der Waals surface area contributed by atoms with Crippen molar-refractivity contribution in [1.29, 1.82) is 0 Å². The zero-order valence-corrected chi connectivity index (χ0v) is 11.4. The van der Waals surface area contributed by atoms with Crippen LogP contribution in [0.15, 0.2) is 0 Å². The van der Waals surface area contributed by atoms with E-state index in [0.717, 1.165) is 0 Å². The molecule has 8 heteroatoms. The van der Waals surface area contributed by atoms with Crippen molar-refractivity contribution in [3.8, 4) is 0 Å². The summed E-state index contributed by atoms with van der Waals surface area (Å²) in [6, 6.07) is 0. The molecule has 13 heavy (non-hydrogen) atoms. The summed E-state index contributed by atoms with van der Waals surface area (Å²) >= 11 is 0. The van der Waals surface area contributed by atoms with Crippen LogP contribution >= 0.6 is 0 Å². The normalized spacial score (nSPS) is 12.8. The van der Waals surface area contributed by atoms with Gasteiger partial charge in [-0.05, 0) is 0 Å². The van der Waals surface area contributed by atoms with Gasteiger partial charge in [0.1, 0.15) is 0 Å². The van der Waals surface area contributed by atoms with E-state index in [1.165, 1.54) is 6.92 Å². The Morgan fingerprint density at radius 3 is 2.38 bits per heavy atom. The van der Waals surface area contributed by atoms with Gasteiger partial charge in [-0.15, -0.1) is 0 Å². The van der Waals surface area contributed by atoms with Crippen molar-refractivity contribution in [2.24, 2.45) is 0 Å². The van der Waals surface area contributed by atoms with Gasteiger partial charge >= 0.3 is 51.4 Å². The second kappa shape index (κ2) is 7.29. The summed E-state index contributed by atoms with van der Waals surface area (Å²) in [6.45, 7) is 0.995. The third kappa shape index (κ3) is 13.0. The number of rotatable bonds is 4. The monoisotopic (exact) mass is 235 g/mol. The Bertz CT molecular complexity index is 252. The first-order chi connectivity index (χ1) is 5.31. The minimum atomic E-state index is -4.42. The van der Waals surface area contributed by atoms with E-state index >= 15 is 0 Å². The van der Waals surface area contributed by atoms with E-state index in [1.807, 2.05) is 0 Å². The fourth-order valence-electron chi connectivity index (χ4n) is 0.556. The van der Waals surface area contributed by atoms with Crippen LogP contribution in [0.5, 0.6) is 0 Å². The van der Waals surface area contributed by atoms with Crippen LogP contribution in [0.4, 0.5) is 0 Å². The molecule has 0 spiro atoms. The molecule has 6 nitrogen and oxygen atoms in total. The van der Waals surface area contributed by atoms with E-state index in [1.54, 1.807) is 0 Å². The molecule has 0 aliphatic heterocycles. The third-order valence-corrected chi connectivity index (χ3v) is 1.78. The summed E-state index contributed by atoms with van der Waals surface area (Å²) in [5.74, 6) is -1.27. The van der Waals surface area contributed by atoms with Crippen molar-refractivity contribution < 1.29 is 74.3 Å². The zero-order valence-electron chi connectivity index (χ0n) is 7.48. The van der Waals surface area contributed by atoms with Crippen molar-refractivity contribution >= 4 is 16.0 Å². The molecule has 72 valence electrons. The van der Waals surface area contributed by atoms with Crippen LogP contribution in [0.25, 0.3) is 0 Å². The SMILES string of the molecule is CC(=O)NCC(O)CS(=O)(=O)[O-].[K+]. The Hall–Kier alpha value is 0.976. The number of aliphatic hydroxyl groups is 1. The minimum Gasteiger partial charge on any atom is -0.748 e. The van der Waals surface area contributed by atoms with Crippen LogP contribution in [0.2, 0.25) is 0 Å². The molecule has 0 heterocycles. The molecule has 0 rings (SSSR count). The number of carbonyl (C=O) groups excluding carboxylic acids is 1. The van der Waals surface area contributed by atoms with Crippen LogP contribution in [-0.2, 0) is 14.9 Å². The maximum absolute atomic E-state index is 10.3. The van der Waals surface area contributed by atoms with Gasteiger partial charge in [0.2, 0.25) is 5.91 Å². The van der Waals surface area contributed by atoms with Crippen LogP contribution in [0, 0.1) is 0 Å².